The normalized spacial score (nSPS) is 11.8. The van der Waals surface area contributed by atoms with Gasteiger partial charge in [-0.15, -0.1) is 44.8 Å². The number of rotatable bonds is 4. The summed E-state index contributed by atoms with van der Waals surface area (Å²) in [5.74, 6) is 0. The van der Waals surface area contributed by atoms with E-state index in [0.29, 0.717) is 0 Å². The van der Waals surface area contributed by atoms with Gasteiger partial charge < -0.3 is 24.8 Å². The zero-order valence-corrected chi connectivity index (χ0v) is 47.6. The zero-order valence-electron chi connectivity index (χ0n) is 42.6. The Labute approximate surface area is 427 Å². The van der Waals surface area contributed by atoms with Crippen LogP contribution in [0.25, 0.3) is 66.1 Å². The van der Waals surface area contributed by atoms with E-state index in [1.807, 2.05) is 0 Å². The van der Waals surface area contributed by atoms with Gasteiger partial charge in [-0.25, -0.2) is 0 Å². The molecule has 0 aliphatic rings. The monoisotopic (exact) mass is 1000 g/mol. The third kappa shape index (κ3) is 13.3. The number of hydrogen-bond donors (Lipinski definition) is 0. The second-order valence-electron chi connectivity index (χ2n) is 22.4. The molecule has 0 aliphatic heterocycles. The quantitative estimate of drug-likeness (QED) is 0.122. The molecule has 0 fully saturated rings. The first-order valence-corrected chi connectivity index (χ1v) is 29.4. The summed E-state index contributed by atoms with van der Waals surface area (Å²) in [4.78, 5) is 0. The fraction of sp³-hybridized carbons (Fsp3) is 0.323. The molecule has 4 heteroatoms. The smallest absolute Gasteiger partial charge is 0.0132 e. The summed E-state index contributed by atoms with van der Waals surface area (Å²) in [6.07, 6.45) is 0. The van der Waals surface area contributed by atoms with E-state index in [2.05, 4.69) is 256 Å². The van der Waals surface area contributed by atoms with Crippen LogP contribution in [0.1, 0.15) is 116 Å². The van der Waals surface area contributed by atoms with Crippen LogP contribution in [0.4, 0.5) is 0 Å². The van der Waals surface area contributed by atoms with Gasteiger partial charge in [-0.3, -0.25) is 0 Å². The molecule has 0 saturated carbocycles. The summed E-state index contributed by atoms with van der Waals surface area (Å²) in [7, 11) is 0. The Balaban J connectivity index is 0.000000260. The van der Waals surface area contributed by atoms with Crippen molar-refractivity contribution in [2.45, 2.75) is 132 Å². The summed E-state index contributed by atoms with van der Waals surface area (Å²) < 4.78 is 0. The number of aryl methyl sites for hydroxylation is 2. The van der Waals surface area contributed by atoms with Crippen molar-refractivity contribution in [1.82, 2.24) is 0 Å². The summed E-state index contributed by atoms with van der Waals surface area (Å²) in [5, 5.41) is 5.36. The standard InChI is InChI=1S/2C30H33.C2H6Si.2ClH.Zr/c2*1-20-18-27-25(21-8-12-23(13-9-21)29(2,3)4)16-17-26(28(27)19-20)22-10-14-24(15-11-22)30(5,6)7;1-3-2;;;/h2*8-19H,1-7H3;1-2H3;2*1H;/q2*-1;;;;+2/p-2. The van der Waals surface area contributed by atoms with Crippen LogP contribution < -0.4 is 24.8 Å². The molecule has 0 aromatic heterocycles. The molecule has 0 heterocycles. The number of benzene rings is 6. The van der Waals surface area contributed by atoms with E-state index in [0.717, 1.165) is 0 Å². The molecule has 0 N–H and O–H groups in total. The minimum Gasteiger partial charge on any atom is -1.00 e. The summed E-state index contributed by atoms with van der Waals surface area (Å²) in [6, 6.07) is 54.9. The Morgan fingerprint density at radius 1 is 0.348 bits per heavy atom. The summed E-state index contributed by atoms with van der Waals surface area (Å²) >= 11 is 1.74. The van der Waals surface area contributed by atoms with Crippen molar-refractivity contribution >= 4 is 27.0 Å². The Kier molecular flexibility index (Phi) is 18.0. The predicted octanol–water partition coefficient (Wildman–Crippen LogP) is 12.4. The second-order valence-corrected chi connectivity index (χ2v) is 31.7. The van der Waals surface area contributed by atoms with Gasteiger partial charge in [0.25, 0.3) is 0 Å². The molecule has 0 unspecified atom stereocenters. The molecule has 0 radical (unpaired) electrons. The van der Waals surface area contributed by atoms with Gasteiger partial charge in [0, 0.05) is 0 Å². The van der Waals surface area contributed by atoms with E-state index < -0.39 is 0 Å². The van der Waals surface area contributed by atoms with Crippen LogP contribution >= 0.6 is 0 Å². The topological polar surface area (TPSA) is 0 Å². The van der Waals surface area contributed by atoms with Gasteiger partial charge >= 0.3 is 41.9 Å². The van der Waals surface area contributed by atoms with Crippen LogP contribution in [0.2, 0.25) is 13.1 Å². The molecule has 0 nitrogen and oxygen atoms in total. The van der Waals surface area contributed by atoms with Gasteiger partial charge in [-0.05, 0) is 55.0 Å². The van der Waals surface area contributed by atoms with E-state index in [9.17, 15) is 0 Å². The molecule has 344 valence electrons. The molecule has 8 rings (SSSR count). The zero-order chi connectivity index (χ0) is 46.9. The fourth-order valence-corrected chi connectivity index (χ4v) is 8.49. The first kappa shape index (κ1) is 54.8. The van der Waals surface area contributed by atoms with Crippen molar-refractivity contribution in [2.75, 3.05) is 0 Å². The van der Waals surface area contributed by atoms with Crippen LogP contribution in [0.15, 0.2) is 146 Å². The number of hydrogen-bond acceptors (Lipinski definition) is 0. The van der Waals surface area contributed by atoms with E-state index in [1.54, 1.807) is 23.3 Å². The SMILES string of the molecule is C[Si](C)=[Zr+2].Cc1cc2c(-c3ccc(C(C)(C)C)cc3)ccc(-c3ccc(C(C)(C)C)cc3)c2[cH-]1.Cc1cc2c(-c3ccc(C(C)(C)C)cc3)ccc(-c3ccc(C(C)(C)C)cc3)c2[cH-]1.[Cl-].[Cl-]. The van der Waals surface area contributed by atoms with Gasteiger partial charge in [-0.2, -0.15) is 12.1 Å². The van der Waals surface area contributed by atoms with E-state index in [-0.39, 0.29) is 51.9 Å². The molecule has 0 amide bonds. The van der Waals surface area contributed by atoms with Crippen LogP contribution in [0.3, 0.4) is 0 Å². The van der Waals surface area contributed by atoms with Crippen molar-refractivity contribution in [1.29, 1.82) is 0 Å². The summed E-state index contributed by atoms with van der Waals surface area (Å²) in [6.45, 7) is 36.2. The number of halogens is 2. The van der Waals surface area contributed by atoms with Crippen LogP contribution in [0.5, 0.6) is 0 Å². The molecular formula is C62H72Cl2SiZr-2. The van der Waals surface area contributed by atoms with Crippen molar-refractivity contribution in [3.05, 3.63) is 179 Å². The van der Waals surface area contributed by atoms with Crippen LogP contribution in [-0.4, -0.2) is 5.43 Å². The molecule has 0 atom stereocenters. The van der Waals surface area contributed by atoms with Crippen LogP contribution in [-0.2, 0) is 45.0 Å². The maximum Gasteiger partial charge on any atom is -0.0132 e. The maximum absolute atomic E-state index is 2.33. The Hall–Kier alpha value is -3.78. The first-order chi connectivity index (χ1) is 29.8. The average Bonchev–Trinajstić information content (AvgIpc) is 3.81. The molecule has 8 aromatic rings. The Bertz CT molecular complexity index is 2470. The van der Waals surface area contributed by atoms with E-state index in [1.165, 1.54) is 99.4 Å². The fourth-order valence-electron chi connectivity index (χ4n) is 8.49. The first-order valence-electron chi connectivity index (χ1n) is 23.2. The van der Waals surface area contributed by atoms with Crippen molar-refractivity contribution in [3.63, 3.8) is 0 Å². The Morgan fingerprint density at radius 2 is 0.545 bits per heavy atom. The molecule has 0 spiro atoms. The van der Waals surface area contributed by atoms with E-state index >= 15 is 0 Å². The van der Waals surface area contributed by atoms with Gasteiger partial charge in [0.2, 0.25) is 0 Å². The van der Waals surface area contributed by atoms with Crippen LogP contribution in [0, 0.1) is 13.8 Å². The molecular weight excluding hydrogens is 935 g/mol. The average molecular weight is 1010 g/mol. The third-order valence-electron chi connectivity index (χ3n) is 12.3. The van der Waals surface area contributed by atoms with Crippen molar-refractivity contribution in [3.8, 4) is 44.5 Å². The third-order valence-corrected chi connectivity index (χ3v) is 12.3. The molecule has 8 aromatic carbocycles. The van der Waals surface area contributed by atoms with Gasteiger partial charge in [0.1, 0.15) is 0 Å². The van der Waals surface area contributed by atoms with Gasteiger partial charge in [0.15, 0.2) is 0 Å². The maximum atomic E-state index is 2.33. The minimum absolute atomic E-state index is 0. The van der Waals surface area contributed by atoms with Gasteiger partial charge in [-0.1, -0.05) is 252 Å². The molecule has 0 saturated heterocycles. The van der Waals surface area contributed by atoms with Gasteiger partial charge in [0.05, 0.1) is 0 Å². The van der Waals surface area contributed by atoms with Crippen molar-refractivity contribution < 1.29 is 48.1 Å². The minimum atomic E-state index is 0. The molecule has 0 bridgehead atoms. The molecule has 0 aliphatic carbocycles. The molecule has 66 heavy (non-hydrogen) atoms. The number of fused-ring (bicyclic) bond motifs is 2. The second kappa shape index (κ2) is 21.7. The van der Waals surface area contributed by atoms with E-state index in [4.69, 9.17) is 0 Å². The summed E-state index contributed by atoms with van der Waals surface area (Å²) in [5.41, 5.74) is 19.4. The Morgan fingerprint density at radius 3 is 0.758 bits per heavy atom. The largest absolute Gasteiger partial charge is 1.00 e. The van der Waals surface area contributed by atoms with Crippen molar-refractivity contribution in [2.24, 2.45) is 0 Å². The predicted molar refractivity (Wildman–Crippen MR) is 283 cm³/mol.